The fourth-order valence-electron chi connectivity index (χ4n) is 2.69. The lowest BCUT2D eigenvalue weighted by atomic mass is 10.1. The van der Waals surface area contributed by atoms with Crippen LogP contribution in [0.4, 0.5) is 0 Å². The van der Waals surface area contributed by atoms with Gasteiger partial charge in [-0.3, -0.25) is 4.79 Å². The molecule has 2 N–H and O–H groups in total. The number of H-pyrrole nitrogens is 1. The maximum Gasteiger partial charge on any atom is 0.239 e. The molecule has 5 nitrogen and oxygen atoms in total. The highest BCUT2D eigenvalue weighted by molar-refractivity contribution is 5.83. The Morgan fingerprint density at radius 2 is 2.14 bits per heavy atom. The van der Waals surface area contributed by atoms with Crippen molar-refractivity contribution in [1.82, 2.24) is 15.2 Å². The maximum atomic E-state index is 12.3. The van der Waals surface area contributed by atoms with Gasteiger partial charge in [-0.2, -0.15) is 0 Å². The largest absolute Gasteiger partial charge is 0.378 e. The molecule has 3 rings (SSSR count). The highest BCUT2D eigenvalue weighted by Crippen LogP contribution is 2.17. The Bertz CT molecular complexity index is 617. The van der Waals surface area contributed by atoms with Crippen molar-refractivity contribution in [2.75, 3.05) is 26.3 Å². The highest BCUT2D eigenvalue weighted by atomic mass is 16.5. The van der Waals surface area contributed by atoms with Crippen molar-refractivity contribution in [3.8, 4) is 0 Å². The van der Waals surface area contributed by atoms with Gasteiger partial charge in [-0.1, -0.05) is 18.2 Å². The van der Waals surface area contributed by atoms with Gasteiger partial charge in [0.05, 0.1) is 19.3 Å². The number of carbonyl (C=O) groups excluding carboxylic acids is 1. The second kappa shape index (κ2) is 6.28. The van der Waals surface area contributed by atoms with Crippen LogP contribution in [0.15, 0.2) is 30.5 Å². The lowest BCUT2D eigenvalue weighted by Gasteiger charge is -2.29. The third-order valence-corrected chi connectivity index (χ3v) is 3.97. The summed E-state index contributed by atoms with van der Waals surface area (Å²) in [6.45, 7) is 5.27. The van der Waals surface area contributed by atoms with Crippen LogP contribution in [0.5, 0.6) is 0 Å². The third kappa shape index (κ3) is 3.09. The maximum absolute atomic E-state index is 12.3. The Morgan fingerprint density at radius 1 is 1.38 bits per heavy atom. The monoisotopic (exact) mass is 287 g/mol. The Morgan fingerprint density at radius 3 is 2.95 bits per heavy atom. The second-order valence-electron chi connectivity index (χ2n) is 5.40. The molecular formula is C16H21N3O2. The number of carbonyl (C=O) groups is 1. The summed E-state index contributed by atoms with van der Waals surface area (Å²) in [5.74, 6) is 0.151. The lowest BCUT2D eigenvalue weighted by molar-refractivity contribution is -0.137. The summed E-state index contributed by atoms with van der Waals surface area (Å²) in [7, 11) is 0. The summed E-state index contributed by atoms with van der Waals surface area (Å²) in [5.41, 5.74) is 2.31. The van der Waals surface area contributed by atoms with Crippen molar-refractivity contribution in [2.45, 2.75) is 19.5 Å². The molecule has 2 heterocycles. The number of nitrogens with zero attached hydrogens (tertiary/aromatic N) is 1. The summed E-state index contributed by atoms with van der Waals surface area (Å²) >= 11 is 0. The average molecular weight is 287 g/mol. The molecule has 1 aliphatic rings. The molecule has 0 spiro atoms. The molecule has 112 valence electrons. The van der Waals surface area contributed by atoms with E-state index in [4.69, 9.17) is 4.74 Å². The SMILES string of the molecule is CC(NCc1c[nH]c2ccccc12)C(=O)N1CCOCC1. The molecule has 1 amide bonds. The van der Waals surface area contributed by atoms with E-state index in [0.29, 0.717) is 32.8 Å². The third-order valence-electron chi connectivity index (χ3n) is 3.97. The number of morpholine rings is 1. The van der Waals surface area contributed by atoms with Gasteiger partial charge in [0.2, 0.25) is 5.91 Å². The zero-order chi connectivity index (χ0) is 14.7. The van der Waals surface area contributed by atoms with Crippen molar-refractivity contribution in [2.24, 2.45) is 0 Å². The van der Waals surface area contributed by atoms with Gasteiger partial charge in [0, 0.05) is 36.7 Å². The Kier molecular flexibility index (Phi) is 4.22. The second-order valence-corrected chi connectivity index (χ2v) is 5.40. The molecule has 1 unspecified atom stereocenters. The fraction of sp³-hybridized carbons (Fsp3) is 0.438. The van der Waals surface area contributed by atoms with Crippen molar-refractivity contribution in [3.05, 3.63) is 36.0 Å². The molecule has 2 aromatic rings. The van der Waals surface area contributed by atoms with E-state index in [2.05, 4.69) is 22.4 Å². The first-order valence-electron chi connectivity index (χ1n) is 7.40. The standard InChI is InChI=1S/C16H21N3O2/c1-12(16(20)19-6-8-21-9-7-19)17-10-13-11-18-15-5-3-2-4-14(13)15/h2-5,11-12,17-18H,6-10H2,1H3. The van der Waals surface area contributed by atoms with Crippen molar-refractivity contribution in [1.29, 1.82) is 0 Å². The minimum absolute atomic E-state index is 0.151. The zero-order valence-corrected chi connectivity index (χ0v) is 12.3. The molecule has 0 bridgehead atoms. The van der Waals surface area contributed by atoms with Gasteiger partial charge < -0.3 is 19.9 Å². The number of ether oxygens (including phenoxy) is 1. The number of aromatic nitrogens is 1. The average Bonchev–Trinajstić information content (AvgIpc) is 2.96. The normalized spacial score (nSPS) is 17.1. The van der Waals surface area contributed by atoms with Gasteiger partial charge in [0.1, 0.15) is 0 Å². The number of hydrogen-bond donors (Lipinski definition) is 2. The van der Waals surface area contributed by atoms with Gasteiger partial charge in [-0.05, 0) is 18.6 Å². The van der Waals surface area contributed by atoms with E-state index in [-0.39, 0.29) is 11.9 Å². The molecule has 1 aromatic carbocycles. The van der Waals surface area contributed by atoms with Gasteiger partial charge in [-0.15, -0.1) is 0 Å². The smallest absolute Gasteiger partial charge is 0.239 e. The Hall–Kier alpha value is -1.85. The minimum atomic E-state index is -0.184. The van der Waals surface area contributed by atoms with E-state index in [9.17, 15) is 4.79 Å². The van der Waals surface area contributed by atoms with Gasteiger partial charge in [-0.25, -0.2) is 0 Å². The molecule has 1 saturated heterocycles. The fourth-order valence-corrected chi connectivity index (χ4v) is 2.69. The van der Waals surface area contributed by atoms with Crippen molar-refractivity contribution < 1.29 is 9.53 Å². The van der Waals surface area contributed by atoms with Crippen LogP contribution in [0.25, 0.3) is 10.9 Å². The molecule has 21 heavy (non-hydrogen) atoms. The molecule has 1 fully saturated rings. The van der Waals surface area contributed by atoms with E-state index in [0.717, 1.165) is 5.52 Å². The number of amides is 1. The number of nitrogens with one attached hydrogen (secondary N) is 2. The minimum Gasteiger partial charge on any atom is -0.378 e. The first-order chi connectivity index (χ1) is 10.3. The van der Waals surface area contributed by atoms with E-state index in [1.165, 1.54) is 10.9 Å². The number of para-hydroxylation sites is 1. The van der Waals surface area contributed by atoms with E-state index in [1.807, 2.05) is 30.2 Å². The summed E-state index contributed by atoms with van der Waals surface area (Å²) in [6, 6.07) is 8.01. The van der Waals surface area contributed by atoms with Gasteiger partial charge in [0.25, 0.3) is 0 Å². The molecular weight excluding hydrogens is 266 g/mol. The number of fused-ring (bicyclic) bond motifs is 1. The predicted octanol–water partition coefficient (Wildman–Crippen LogP) is 1.50. The number of rotatable bonds is 4. The van der Waals surface area contributed by atoms with Crippen LogP contribution in [-0.4, -0.2) is 48.1 Å². The van der Waals surface area contributed by atoms with Gasteiger partial charge in [0.15, 0.2) is 0 Å². The van der Waals surface area contributed by atoms with Crippen LogP contribution < -0.4 is 5.32 Å². The molecule has 0 aliphatic carbocycles. The highest BCUT2D eigenvalue weighted by Gasteiger charge is 2.22. The van der Waals surface area contributed by atoms with Crippen molar-refractivity contribution >= 4 is 16.8 Å². The molecule has 1 aliphatic heterocycles. The summed E-state index contributed by atoms with van der Waals surface area (Å²) < 4.78 is 5.28. The van der Waals surface area contributed by atoms with Crippen LogP contribution >= 0.6 is 0 Å². The van der Waals surface area contributed by atoms with E-state index in [1.54, 1.807) is 0 Å². The lowest BCUT2D eigenvalue weighted by Crippen LogP contribution is -2.49. The van der Waals surface area contributed by atoms with Gasteiger partial charge >= 0.3 is 0 Å². The molecule has 1 aromatic heterocycles. The van der Waals surface area contributed by atoms with E-state index >= 15 is 0 Å². The number of benzene rings is 1. The molecule has 0 saturated carbocycles. The first kappa shape index (κ1) is 14.1. The molecule has 5 heteroatoms. The van der Waals surface area contributed by atoms with Crippen LogP contribution in [0.1, 0.15) is 12.5 Å². The van der Waals surface area contributed by atoms with Crippen molar-refractivity contribution in [3.63, 3.8) is 0 Å². The van der Waals surface area contributed by atoms with E-state index < -0.39 is 0 Å². The summed E-state index contributed by atoms with van der Waals surface area (Å²) in [5, 5.41) is 4.53. The predicted molar refractivity (Wildman–Crippen MR) is 82.0 cm³/mol. The van der Waals surface area contributed by atoms with Crippen LogP contribution in [0.3, 0.4) is 0 Å². The number of aromatic amines is 1. The number of hydrogen-bond acceptors (Lipinski definition) is 3. The zero-order valence-electron chi connectivity index (χ0n) is 12.3. The quantitative estimate of drug-likeness (QED) is 0.896. The summed E-state index contributed by atoms with van der Waals surface area (Å²) in [4.78, 5) is 17.4. The van der Waals surface area contributed by atoms with Crippen LogP contribution in [-0.2, 0) is 16.1 Å². The van der Waals surface area contributed by atoms with Crippen LogP contribution in [0.2, 0.25) is 0 Å². The topological polar surface area (TPSA) is 57.4 Å². The summed E-state index contributed by atoms with van der Waals surface area (Å²) in [6.07, 6.45) is 2.00. The Balaban J connectivity index is 1.60. The Labute approximate surface area is 124 Å². The molecule has 0 radical (unpaired) electrons. The first-order valence-corrected chi connectivity index (χ1v) is 7.40. The molecule has 1 atom stereocenters. The van der Waals surface area contributed by atoms with Crippen LogP contribution in [0, 0.1) is 0 Å².